The first-order valence-electron chi connectivity index (χ1n) is 11.4. The van der Waals surface area contributed by atoms with E-state index in [1.54, 1.807) is 6.92 Å². The van der Waals surface area contributed by atoms with Crippen molar-refractivity contribution in [1.82, 2.24) is 19.8 Å². The Hall–Kier alpha value is -2.26. The van der Waals surface area contributed by atoms with E-state index in [0.717, 1.165) is 31.2 Å². The number of nitrogens with zero attached hydrogens (tertiary/aromatic N) is 3. The third kappa shape index (κ3) is 3.46. The van der Waals surface area contributed by atoms with Gasteiger partial charge in [0.1, 0.15) is 0 Å². The Morgan fingerprint density at radius 3 is 2.56 bits per heavy atom. The summed E-state index contributed by atoms with van der Waals surface area (Å²) >= 11 is 0. The number of amides is 1. The third-order valence-electron chi connectivity index (χ3n) is 7.82. The number of hydrogen-bond donors (Lipinski definition) is 1. The first-order chi connectivity index (χ1) is 15.2. The molecule has 9 heteroatoms. The van der Waals surface area contributed by atoms with Gasteiger partial charge in [0.2, 0.25) is 21.8 Å². The molecular formula is C23H30N4O4S. The summed E-state index contributed by atoms with van der Waals surface area (Å²) in [7, 11) is -3.33. The number of fused-ring (bicyclic) bond motifs is 1. The highest BCUT2D eigenvalue weighted by Gasteiger charge is 2.59. The zero-order valence-electron chi connectivity index (χ0n) is 18.6. The Morgan fingerprint density at radius 2 is 1.94 bits per heavy atom. The van der Waals surface area contributed by atoms with Crippen LogP contribution in [0.2, 0.25) is 0 Å². The molecule has 1 aromatic heterocycles. The molecule has 1 aromatic carbocycles. The lowest BCUT2D eigenvalue weighted by Gasteiger charge is -2.31. The van der Waals surface area contributed by atoms with Crippen LogP contribution in [0.5, 0.6) is 0 Å². The van der Waals surface area contributed by atoms with Crippen molar-refractivity contribution in [2.45, 2.75) is 62.3 Å². The first kappa shape index (κ1) is 21.6. The highest BCUT2D eigenvalue weighted by molar-refractivity contribution is 7.88. The molecule has 0 radical (unpaired) electrons. The van der Waals surface area contributed by atoms with Crippen molar-refractivity contribution in [3.05, 3.63) is 47.6 Å². The van der Waals surface area contributed by atoms with Crippen molar-refractivity contribution >= 4 is 15.9 Å². The quantitative estimate of drug-likeness (QED) is 0.737. The lowest BCUT2D eigenvalue weighted by molar-refractivity contribution is -0.127. The minimum absolute atomic E-state index is 0.0265. The van der Waals surface area contributed by atoms with Gasteiger partial charge in [-0.3, -0.25) is 4.79 Å². The average molecular weight is 459 g/mol. The summed E-state index contributed by atoms with van der Waals surface area (Å²) in [4.78, 5) is 18.1. The molecular weight excluding hydrogens is 428 g/mol. The van der Waals surface area contributed by atoms with Crippen molar-refractivity contribution in [1.29, 1.82) is 0 Å². The smallest absolute Gasteiger partial charge is 0.234 e. The van der Waals surface area contributed by atoms with E-state index in [4.69, 9.17) is 4.52 Å². The average Bonchev–Trinajstić information content (AvgIpc) is 3.50. The standard InChI is InChI=1S/C23H30N4O4S/c1-16-24-21(31-26-16)23-13-19(12-18(23)14-27(15-23)32(2,29)30)25-20(28)22(10-6-7-11-22)17-8-4-3-5-9-17/h3-5,8-9,18-19H,6-7,10-15H2,1-2H3,(H,25,28)/t18-,19+,23-/m0/s1. The van der Waals surface area contributed by atoms with E-state index >= 15 is 0 Å². The van der Waals surface area contributed by atoms with Crippen LogP contribution in [0, 0.1) is 12.8 Å². The van der Waals surface area contributed by atoms with Gasteiger partial charge in [0.05, 0.1) is 17.1 Å². The van der Waals surface area contributed by atoms with Gasteiger partial charge in [-0.05, 0) is 44.1 Å². The molecule has 1 saturated heterocycles. The summed E-state index contributed by atoms with van der Waals surface area (Å²) in [6.07, 6.45) is 6.34. The minimum atomic E-state index is -3.33. The molecule has 1 N–H and O–H groups in total. The van der Waals surface area contributed by atoms with Crippen LogP contribution >= 0.6 is 0 Å². The second-order valence-electron chi connectivity index (χ2n) is 9.82. The third-order valence-corrected chi connectivity index (χ3v) is 9.04. The molecule has 2 aromatic rings. The van der Waals surface area contributed by atoms with Gasteiger partial charge in [-0.15, -0.1) is 0 Å². The number of nitrogens with one attached hydrogen (secondary N) is 1. The summed E-state index contributed by atoms with van der Waals surface area (Å²) in [6.45, 7) is 2.49. The molecule has 2 aliphatic carbocycles. The van der Waals surface area contributed by atoms with Crippen molar-refractivity contribution in [3.63, 3.8) is 0 Å². The molecule has 2 heterocycles. The van der Waals surface area contributed by atoms with E-state index in [1.807, 2.05) is 18.2 Å². The van der Waals surface area contributed by atoms with Crippen LogP contribution in [0.4, 0.5) is 0 Å². The monoisotopic (exact) mass is 458 g/mol. The Morgan fingerprint density at radius 1 is 1.22 bits per heavy atom. The molecule has 1 amide bonds. The molecule has 1 aliphatic heterocycles. The molecule has 0 bridgehead atoms. The van der Waals surface area contributed by atoms with Gasteiger partial charge in [0, 0.05) is 19.1 Å². The number of aromatic nitrogens is 2. The fourth-order valence-electron chi connectivity index (χ4n) is 6.22. The molecule has 3 fully saturated rings. The van der Waals surface area contributed by atoms with Crippen LogP contribution in [0.25, 0.3) is 0 Å². The Bertz CT molecular complexity index is 1110. The lowest BCUT2D eigenvalue weighted by Crippen LogP contribution is -2.47. The summed E-state index contributed by atoms with van der Waals surface area (Å²) in [5.74, 6) is 1.13. The van der Waals surface area contributed by atoms with E-state index in [0.29, 0.717) is 37.6 Å². The second-order valence-corrected chi connectivity index (χ2v) is 11.8. The van der Waals surface area contributed by atoms with Gasteiger partial charge < -0.3 is 9.84 Å². The topological polar surface area (TPSA) is 105 Å². The summed E-state index contributed by atoms with van der Waals surface area (Å²) in [6, 6.07) is 10.0. The predicted octanol–water partition coefficient (Wildman–Crippen LogP) is 2.30. The summed E-state index contributed by atoms with van der Waals surface area (Å²) in [5.41, 5.74) is 0.0443. The van der Waals surface area contributed by atoms with Crippen LogP contribution in [-0.2, 0) is 25.6 Å². The van der Waals surface area contributed by atoms with Crippen molar-refractivity contribution in [3.8, 4) is 0 Å². The zero-order valence-corrected chi connectivity index (χ0v) is 19.4. The van der Waals surface area contributed by atoms with Crippen LogP contribution in [-0.4, -0.2) is 54.2 Å². The Balaban J connectivity index is 1.40. The van der Waals surface area contributed by atoms with Gasteiger partial charge in [-0.1, -0.05) is 48.3 Å². The maximum atomic E-state index is 13.6. The molecule has 172 valence electrons. The van der Waals surface area contributed by atoms with Crippen LogP contribution < -0.4 is 5.32 Å². The van der Waals surface area contributed by atoms with E-state index in [9.17, 15) is 13.2 Å². The summed E-state index contributed by atoms with van der Waals surface area (Å²) < 4.78 is 31.6. The largest absolute Gasteiger partial charge is 0.353 e. The number of hydrogen-bond acceptors (Lipinski definition) is 6. The lowest BCUT2D eigenvalue weighted by atomic mass is 9.77. The predicted molar refractivity (Wildman–Crippen MR) is 118 cm³/mol. The van der Waals surface area contributed by atoms with Crippen molar-refractivity contribution < 1.29 is 17.7 Å². The maximum absolute atomic E-state index is 13.6. The number of carbonyl (C=O) groups is 1. The van der Waals surface area contributed by atoms with E-state index in [-0.39, 0.29) is 17.9 Å². The number of carbonyl (C=O) groups excluding carboxylic acids is 1. The fraction of sp³-hybridized carbons (Fsp3) is 0.609. The Kier molecular flexibility index (Phi) is 5.16. The highest BCUT2D eigenvalue weighted by Crippen LogP contribution is 2.51. The van der Waals surface area contributed by atoms with Gasteiger partial charge in [-0.25, -0.2) is 12.7 Å². The molecule has 32 heavy (non-hydrogen) atoms. The molecule has 3 atom stereocenters. The number of aryl methyl sites for hydroxylation is 1. The second kappa shape index (κ2) is 7.66. The normalized spacial score (nSPS) is 29.8. The molecule has 8 nitrogen and oxygen atoms in total. The molecule has 5 rings (SSSR count). The van der Waals surface area contributed by atoms with Crippen LogP contribution in [0.15, 0.2) is 34.9 Å². The highest BCUT2D eigenvalue weighted by atomic mass is 32.2. The Labute approximate surface area is 188 Å². The zero-order chi connectivity index (χ0) is 22.6. The van der Waals surface area contributed by atoms with E-state index < -0.39 is 20.9 Å². The van der Waals surface area contributed by atoms with E-state index in [1.165, 1.54) is 10.6 Å². The van der Waals surface area contributed by atoms with Gasteiger partial charge in [0.25, 0.3) is 0 Å². The SMILES string of the molecule is Cc1noc([C@]23C[C@H](NC(=O)C4(c5ccccc5)CCCC4)C[C@H]2CN(S(C)(=O)=O)C3)n1. The van der Waals surface area contributed by atoms with Gasteiger partial charge >= 0.3 is 0 Å². The minimum Gasteiger partial charge on any atom is -0.353 e. The van der Waals surface area contributed by atoms with Crippen LogP contribution in [0.1, 0.15) is 55.8 Å². The first-order valence-corrected chi connectivity index (χ1v) is 13.2. The van der Waals surface area contributed by atoms with E-state index in [2.05, 4.69) is 27.6 Å². The van der Waals surface area contributed by atoms with Gasteiger partial charge in [0.15, 0.2) is 5.82 Å². The number of benzene rings is 1. The molecule has 0 unspecified atom stereocenters. The number of rotatable bonds is 5. The van der Waals surface area contributed by atoms with Crippen molar-refractivity contribution in [2.24, 2.45) is 5.92 Å². The van der Waals surface area contributed by atoms with Gasteiger partial charge in [-0.2, -0.15) is 4.98 Å². The molecule has 2 saturated carbocycles. The fourth-order valence-corrected chi connectivity index (χ4v) is 7.14. The summed E-state index contributed by atoms with van der Waals surface area (Å²) in [5, 5.41) is 7.31. The maximum Gasteiger partial charge on any atom is 0.234 e. The van der Waals surface area contributed by atoms with Crippen LogP contribution in [0.3, 0.4) is 0 Å². The molecule has 0 spiro atoms. The van der Waals surface area contributed by atoms with Crippen molar-refractivity contribution in [2.75, 3.05) is 19.3 Å². The molecule has 3 aliphatic rings. The number of sulfonamides is 1.